The van der Waals surface area contributed by atoms with E-state index in [-0.39, 0.29) is 42.8 Å². The summed E-state index contributed by atoms with van der Waals surface area (Å²) in [5.41, 5.74) is 1.54. The molecule has 2 atom stereocenters. The van der Waals surface area contributed by atoms with Gasteiger partial charge in [-0.2, -0.15) is 0 Å². The first-order chi connectivity index (χ1) is 24.6. The number of rotatable bonds is 15. The standard InChI is InChI=1S/C37H48N6O8S/c1-7-20-41(36(46)51-24-28-16-12-9-13-17-28)32(37(3,4)5)33(44)42(23-27-14-10-8-11-15-27)43(47)22-26(2)25-52(48,49)29-18-19-30-31(21-29)39-34(38-30)40-35(45)50-6/h8-19,21,26,32,47H,7,20,22-25H2,1-6H3,(H2,38,39,40,45)/t26-,32-/m1/s1. The predicted molar refractivity (Wildman–Crippen MR) is 196 cm³/mol. The van der Waals surface area contributed by atoms with Gasteiger partial charge in [-0.3, -0.25) is 20.2 Å². The van der Waals surface area contributed by atoms with Gasteiger partial charge >= 0.3 is 12.2 Å². The number of hydrogen-bond acceptors (Lipinski definition) is 10. The maximum atomic E-state index is 14.6. The molecule has 0 fully saturated rings. The van der Waals surface area contributed by atoms with Gasteiger partial charge in [-0.1, -0.05) is 100 Å². The van der Waals surface area contributed by atoms with Crippen molar-refractivity contribution in [2.75, 3.05) is 31.3 Å². The number of ether oxygens (including phenoxy) is 2. The summed E-state index contributed by atoms with van der Waals surface area (Å²) in [5.74, 6) is -1.48. The third-order valence-corrected chi connectivity index (χ3v) is 10.2. The van der Waals surface area contributed by atoms with Gasteiger partial charge in [0.1, 0.15) is 12.6 Å². The van der Waals surface area contributed by atoms with Crippen LogP contribution in [0, 0.1) is 11.3 Å². The molecule has 0 saturated heterocycles. The molecule has 0 saturated carbocycles. The van der Waals surface area contributed by atoms with Crippen LogP contribution >= 0.6 is 0 Å². The van der Waals surface area contributed by atoms with E-state index in [1.165, 1.54) is 30.2 Å². The number of hydrazine groups is 1. The van der Waals surface area contributed by atoms with E-state index < -0.39 is 45.3 Å². The Kier molecular flexibility index (Phi) is 13.4. The molecular weight excluding hydrogens is 689 g/mol. The van der Waals surface area contributed by atoms with Gasteiger partial charge in [-0.15, -0.1) is 0 Å². The molecule has 3 N–H and O–H groups in total. The molecule has 0 unspecified atom stereocenters. The zero-order chi connectivity index (χ0) is 38.1. The minimum absolute atomic E-state index is 0.0128. The smallest absolute Gasteiger partial charge is 0.413 e. The molecule has 3 amide bonds. The number of anilines is 1. The highest BCUT2D eigenvalue weighted by atomic mass is 32.2. The number of imidazole rings is 1. The Morgan fingerprint density at radius 1 is 0.981 bits per heavy atom. The number of amides is 3. The second kappa shape index (κ2) is 17.5. The third-order valence-electron chi connectivity index (χ3n) is 8.18. The second-order valence-electron chi connectivity index (χ2n) is 13.7. The zero-order valence-corrected chi connectivity index (χ0v) is 31.2. The van der Waals surface area contributed by atoms with Crippen LogP contribution in [0.4, 0.5) is 15.5 Å². The SMILES string of the molecule is CCCN(C(=O)OCc1ccccc1)[C@H](C(=O)N(Cc1ccccc1)N(O)C[C@@H](C)CS(=O)(=O)c1ccc2nc(NC(=O)OC)[nH]c2c1)C(C)(C)C. The van der Waals surface area contributed by atoms with Crippen LogP contribution in [-0.4, -0.2) is 88.8 Å². The van der Waals surface area contributed by atoms with E-state index in [0.717, 1.165) is 15.7 Å². The van der Waals surface area contributed by atoms with Crippen molar-refractivity contribution in [2.24, 2.45) is 11.3 Å². The average Bonchev–Trinajstić information content (AvgIpc) is 3.50. The highest BCUT2D eigenvalue weighted by molar-refractivity contribution is 7.91. The number of sulfone groups is 1. The lowest BCUT2D eigenvalue weighted by Gasteiger charge is -2.42. The van der Waals surface area contributed by atoms with Crippen LogP contribution in [-0.2, 0) is 37.3 Å². The monoisotopic (exact) mass is 736 g/mol. The Morgan fingerprint density at radius 2 is 1.62 bits per heavy atom. The summed E-state index contributed by atoms with van der Waals surface area (Å²) >= 11 is 0. The lowest BCUT2D eigenvalue weighted by atomic mass is 9.84. The van der Waals surface area contributed by atoms with Gasteiger partial charge in [0.15, 0.2) is 9.84 Å². The molecule has 52 heavy (non-hydrogen) atoms. The fourth-order valence-corrected chi connectivity index (χ4v) is 7.42. The molecule has 14 nitrogen and oxygen atoms in total. The van der Waals surface area contributed by atoms with Gasteiger partial charge < -0.3 is 14.5 Å². The molecule has 0 aliphatic carbocycles. The molecule has 1 heterocycles. The minimum atomic E-state index is -3.89. The molecule has 3 aromatic carbocycles. The normalized spacial score (nSPS) is 13.0. The van der Waals surface area contributed by atoms with E-state index in [2.05, 4.69) is 20.0 Å². The van der Waals surface area contributed by atoms with Gasteiger partial charge in [0.05, 0.1) is 35.3 Å². The predicted octanol–water partition coefficient (Wildman–Crippen LogP) is 6.25. The summed E-state index contributed by atoms with van der Waals surface area (Å²) in [4.78, 5) is 48.3. The van der Waals surface area contributed by atoms with Gasteiger partial charge in [-0.25, -0.2) is 28.0 Å². The molecule has 280 valence electrons. The fourth-order valence-electron chi connectivity index (χ4n) is 5.80. The molecule has 1 aromatic heterocycles. The quantitative estimate of drug-likeness (QED) is 0.118. The number of H-pyrrole nitrogens is 1. The summed E-state index contributed by atoms with van der Waals surface area (Å²) in [6.45, 7) is 9.05. The lowest BCUT2D eigenvalue weighted by Crippen LogP contribution is -2.60. The van der Waals surface area contributed by atoms with Gasteiger partial charge in [0.25, 0.3) is 5.91 Å². The Balaban J connectivity index is 1.57. The number of benzene rings is 3. The maximum Gasteiger partial charge on any atom is 0.413 e. The molecule has 0 spiro atoms. The van der Waals surface area contributed by atoms with Crippen LogP contribution in [0.2, 0.25) is 0 Å². The number of carbonyl (C=O) groups is 3. The van der Waals surface area contributed by atoms with Crippen LogP contribution in [0.3, 0.4) is 0 Å². The van der Waals surface area contributed by atoms with E-state index in [0.29, 0.717) is 23.0 Å². The van der Waals surface area contributed by atoms with Crippen LogP contribution in [0.15, 0.2) is 83.8 Å². The number of hydroxylamine groups is 1. The summed E-state index contributed by atoms with van der Waals surface area (Å²) < 4.78 is 37.4. The largest absolute Gasteiger partial charge is 0.453 e. The van der Waals surface area contributed by atoms with Gasteiger partial charge in [-0.05, 0) is 47.1 Å². The van der Waals surface area contributed by atoms with E-state index >= 15 is 0 Å². The van der Waals surface area contributed by atoms with Crippen molar-refractivity contribution in [3.63, 3.8) is 0 Å². The Bertz CT molecular complexity index is 1910. The van der Waals surface area contributed by atoms with E-state index in [9.17, 15) is 28.0 Å². The number of carbonyl (C=O) groups excluding carboxylic acids is 3. The van der Waals surface area contributed by atoms with Crippen LogP contribution < -0.4 is 5.32 Å². The highest BCUT2D eigenvalue weighted by Gasteiger charge is 2.43. The number of nitrogens with one attached hydrogen (secondary N) is 2. The Hall–Kier alpha value is -4.99. The van der Waals surface area contributed by atoms with Crippen molar-refractivity contribution in [1.29, 1.82) is 0 Å². The topological polar surface area (TPSA) is 174 Å². The van der Waals surface area contributed by atoms with Crippen molar-refractivity contribution in [1.82, 2.24) is 25.0 Å². The molecule has 0 bridgehead atoms. The summed E-state index contributed by atoms with van der Waals surface area (Å²) in [6, 6.07) is 21.6. The summed E-state index contributed by atoms with van der Waals surface area (Å²) in [6.07, 6.45) is -0.849. The second-order valence-corrected chi connectivity index (χ2v) is 15.7. The average molecular weight is 737 g/mol. The maximum absolute atomic E-state index is 14.6. The first-order valence-electron chi connectivity index (χ1n) is 17.0. The summed E-state index contributed by atoms with van der Waals surface area (Å²) in [5, 5.41) is 15.9. The number of nitrogens with zero attached hydrogens (tertiary/aromatic N) is 4. The molecule has 0 aliphatic heterocycles. The van der Waals surface area contributed by atoms with Crippen molar-refractivity contribution in [3.8, 4) is 0 Å². The molecule has 4 aromatic rings. The van der Waals surface area contributed by atoms with Crippen molar-refractivity contribution >= 4 is 44.9 Å². The number of aromatic nitrogens is 2. The lowest BCUT2D eigenvalue weighted by molar-refractivity contribution is -0.252. The third kappa shape index (κ3) is 10.5. The number of aromatic amines is 1. The highest BCUT2D eigenvalue weighted by Crippen LogP contribution is 2.29. The minimum Gasteiger partial charge on any atom is -0.453 e. The molecule has 0 radical (unpaired) electrons. The van der Waals surface area contributed by atoms with Gasteiger partial charge in [0, 0.05) is 13.1 Å². The molecule has 4 rings (SSSR count). The molecule has 0 aliphatic rings. The van der Waals surface area contributed by atoms with Gasteiger partial charge in [0.2, 0.25) is 5.95 Å². The van der Waals surface area contributed by atoms with Crippen LogP contribution in [0.1, 0.15) is 52.2 Å². The summed E-state index contributed by atoms with van der Waals surface area (Å²) in [7, 11) is -2.68. The first-order valence-corrected chi connectivity index (χ1v) is 18.6. The number of methoxy groups -OCH3 is 1. The molecule has 15 heteroatoms. The van der Waals surface area contributed by atoms with Crippen molar-refractivity contribution < 1.29 is 37.5 Å². The fraction of sp³-hybridized carbons (Fsp3) is 0.405. The molecular formula is C37H48N6O8S. The van der Waals surface area contributed by atoms with Crippen molar-refractivity contribution in [2.45, 2.75) is 65.1 Å². The van der Waals surface area contributed by atoms with E-state index in [1.54, 1.807) is 6.92 Å². The van der Waals surface area contributed by atoms with Crippen molar-refractivity contribution in [3.05, 3.63) is 90.0 Å². The van der Waals surface area contributed by atoms with E-state index in [4.69, 9.17) is 4.74 Å². The van der Waals surface area contributed by atoms with E-state index in [1.807, 2.05) is 88.4 Å². The number of hydrogen-bond donors (Lipinski definition) is 3. The number of fused-ring (bicyclic) bond motifs is 1. The Morgan fingerprint density at radius 3 is 2.21 bits per heavy atom. The van der Waals surface area contributed by atoms with Crippen LogP contribution in [0.25, 0.3) is 11.0 Å². The van der Waals surface area contributed by atoms with Crippen LogP contribution in [0.5, 0.6) is 0 Å². The first kappa shape index (κ1) is 39.8. The zero-order valence-electron chi connectivity index (χ0n) is 30.4. The Labute approximate surface area is 304 Å².